The summed E-state index contributed by atoms with van der Waals surface area (Å²) in [6, 6.07) is 14.0. The number of benzene rings is 2. The first-order valence-corrected chi connectivity index (χ1v) is 11.1. The van der Waals surface area contributed by atoms with Crippen LogP contribution in [0.3, 0.4) is 0 Å². The van der Waals surface area contributed by atoms with E-state index in [1.165, 1.54) is 18.4 Å². The van der Waals surface area contributed by atoms with Gasteiger partial charge >= 0.3 is 0 Å². The summed E-state index contributed by atoms with van der Waals surface area (Å²) in [6.07, 6.45) is 1.93. The molecular weight excluding hydrogens is 392 g/mol. The number of β-amino-alcohol motifs (C(OH)–C–C–N with tert-alkyl or cyclic N) is 1. The van der Waals surface area contributed by atoms with Gasteiger partial charge in [0.1, 0.15) is 36.6 Å². The Morgan fingerprint density at radius 2 is 1.74 bits per heavy atom. The number of rotatable bonds is 12. The maximum Gasteiger partial charge on any atom is 0.127 e. The number of hydrogen-bond acceptors (Lipinski definition) is 6. The molecule has 6 heteroatoms. The number of ether oxygens (including phenoxy) is 3. The molecule has 0 radical (unpaired) electrons. The first kappa shape index (κ1) is 23.4. The van der Waals surface area contributed by atoms with Gasteiger partial charge in [0.2, 0.25) is 0 Å². The molecule has 3 rings (SSSR count). The molecule has 0 aliphatic carbocycles. The molecule has 0 bridgehead atoms. The zero-order chi connectivity index (χ0) is 22.1. The van der Waals surface area contributed by atoms with E-state index in [0.717, 1.165) is 49.0 Å². The highest BCUT2D eigenvalue weighted by atomic mass is 16.5. The third kappa shape index (κ3) is 7.73. The van der Waals surface area contributed by atoms with Gasteiger partial charge < -0.3 is 24.2 Å². The standard InChI is InChI=1S/C25H36N2O4/c1-20-6-9-23(10-7-20)30-15-14-26(2)17-21-8-11-24(29-3)16-25(21)31-19-22(28)18-27-12-4-5-13-27/h6-11,16,22,28H,4-5,12-15,17-19H2,1-3H3/t22-/m1/s1. The number of nitrogens with zero attached hydrogens (tertiary/aromatic N) is 2. The fourth-order valence-corrected chi connectivity index (χ4v) is 3.75. The highest BCUT2D eigenvalue weighted by molar-refractivity contribution is 5.40. The second-order valence-corrected chi connectivity index (χ2v) is 8.35. The lowest BCUT2D eigenvalue weighted by Gasteiger charge is -2.22. The van der Waals surface area contributed by atoms with E-state index >= 15 is 0 Å². The molecular formula is C25H36N2O4. The first-order valence-electron chi connectivity index (χ1n) is 11.1. The minimum absolute atomic E-state index is 0.275. The summed E-state index contributed by atoms with van der Waals surface area (Å²) in [4.78, 5) is 4.49. The number of methoxy groups -OCH3 is 1. The van der Waals surface area contributed by atoms with Crippen LogP contribution in [-0.4, -0.2) is 74.6 Å². The average Bonchev–Trinajstić information content (AvgIpc) is 3.27. The lowest BCUT2D eigenvalue weighted by atomic mass is 10.1. The maximum atomic E-state index is 10.4. The fraction of sp³-hybridized carbons (Fsp3) is 0.520. The fourth-order valence-electron chi connectivity index (χ4n) is 3.75. The number of aliphatic hydroxyl groups excluding tert-OH is 1. The van der Waals surface area contributed by atoms with Crippen molar-refractivity contribution in [1.29, 1.82) is 0 Å². The van der Waals surface area contributed by atoms with Crippen molar-refractivity contribution in [3.05, 3.63) is 53.6 Å². The second kappa shape index (κ2) is 11.9. The van der Waals surface area contributed by atoms with Gasteiger partial charge in [-0.2, -0.15) is 0 Å². The number of aryl methyl sites for hydroxylation is 1. The van der Waals surface area contributed by atoms with E-state index in [-0.39, 0.29) is 6.61 Å². The Labute approximate surface area is 186 Å². The van der Waals surface area contributed by atoms with E-state index in [1.807, 2.05) is 30.3 Å². The van der Waals surface area contributed by atoms with Crippen LogP contribution in [0.15, 0.2) is 42.5 Å². The van der Waals surface area contributed by atoms with Gasteiger partial charge in [0.05, 0.1) is 7.11 Å². The van der Waals surface area contributed by atoms with Gasteiger partial charge in [-0.15, -0.1) is 0 Å². The molecule has 1 aliphatic heterocycles. The van der Waals surface area contributed by atoms with Gasteiger partial charge in [-0.05, 0) is 58.1 Å². The van der Waals surface area contributed by atoms with Gasteiger partial charge in [-0.25, -0.2) is 0 Å². The molecule has 1 atom stereocenters. The molecule has 0 aromatic heterocycles. The number of hydrogen-bond donors (Lipinski definition) is 1. The molecule has 0 amide bonds. The monoisotopic (exact) mass is 428 g/mol. The minimum atomic E-state index is -0.502. The van der Waals surface area contributed by atoms with Gasteiger partial charge in [-0.3, -0.25) is 4.90 Å². The summed E-state index contributed by atoms with van der Waals surface area (Å²) in [5.74, 6) is 2.39. The van der Waals surface area contributed by atoms with E-state index in [9.17, 15) is 5.11 Å². The molecule has 6 nitrogen and oxygen atoms in total. The van der Waals surface area contributed by atoms with E-state index in [2.05, 4.69) is 35.9 Å². The first-order chi connectivity index (χ1) is 15.0. The van der Waals surface area contributed by atoms with Crippen molar-refractivity contribution in [3.8, 4) is 17.2 Å². The largest absolute Gasteiger partial charge is 0.497 e. The second-order valence-electron chi connectivity index (χ2n) is 8.35. The molecule has 1 saturated heterocycles. The summed E-state index contributed by atoms with van der Waals surface area (Å²) in [7, 11) is 3.71. The Morgan fingerprint density at radius 1 is 1.03 bits per heavy atom. The third-order valence-corrected chi connectivity index (χ3v) is 5.58. The van der Waals surface area contributed by atoms with Gasteiger partial charge in [0, 0.05) is 31.3 Å². The average molecular weight is 429 g/mol. The Kier molecular flexibility index (Phi) is 9.00. The van der Waals surface area contributed by atoms with E-state index in [0.29, 0.717) is 13.2 Å². The molecule has 0 saturated carbocycles. The summed E-state index contributed by atoms with van der Waals surface area (Å²) in [5.41, 5.74) is 2.29. The molecule has 0 spiro atoms. The van der Waals surface area contributed by atoms with Crippen molar-refractivity contribution in [2.24, 2.45) is 0 Å². The topological polar surface area (TPSA) is 54.4 Å². The Balaban J connectivity index is 1.50. The zero-order valence-corrected chi connectivity index (χ0v) is 19.0. The van der Waals surface area contributed by atoms with Crippen LogP contribution in [0.1, 0.15) is 24.0 Å². The lowest BCUT2D eigenvalue weighted by molar-refractivity contribution is 0.0750. The van der Waals surface area contributed by atoms with E-state index < -0.39 is 6.10 Å². The van der Waals surface area contributed by atoms with E-state index in [1.54, 1.807) is 7.11 Å². The molecule has 1 heterocycles. The third-order valence-electron chi connectivity index (χ3n) is 5.58. The van der Waals surface area contributed by atoms with E-state index in [4.69, 9.17) is 14.2 Å². The molecule has 0 unspecified atom stereocenters. The van der Waals surface area contributed by atoms with Crippen LogP contribution < -0.4 is 14.2 Å². The maximum absolute atomic E-state index is 10.4. The van der Waals surface area contributed by atoms with Crippen LogP contribution in [0, 0.1) is 6.92 Å². The van der Waals surface area contributed by atoms with Crippen molar-refractivity contribution in [1.82, 2.24) is 9.80 Å². The number of aliphatic hydroxyl groups is 1. The SMILES string of the molecule is COc1ccc(CN(C)CCOc2ccc(C)cc2)c(OC[C@H](O)CN2CCCC2)c1. The molecule has 1 aliphatic rings. The number of likely N-dealkylation sites (tertiary alicyclic amines) is 1. The van der Waals surface area contributed by atoms with Crippen LogP contribution in [0.4, 0.5) is 0 Å². The van der Waals surface area contributed by atoms with Gasteiger partial charge in [0.15, 0.2) is 0 Å². The van der Waals surface area contributed by atoms with Crippen LogP contribution in [0.25, 0.3) is 0 Å². The zero-order valence-electron chi connectivity index (χ0n) is 19.0. The quantitative estimate of drug-likeness (QED) is 0.560. The van der Waals surface area contributed by atoms with Crippen molar-refractivity contribution >= 4 is 0 Å². The van der Waals surface area contributed by atoms with Crippen molar-refractivity contribution in [2.45, 2.75) is 32.4 Å². The predicted octanol–water partition coefficient (Wildman–Crippen LogP) is 3.35. The van der Waals surface area contributed by atoms with Gasteiger partial charge in [0.25, 0.3) is 0 Å². The van der Waals surface area contributed by atoms with Gasteiger partial charge in [-0.1, -0.05) is 23.8 Å². The number of likely N-dealkylation sites (N-methyl/N-ethyl adjacent to an activating group) is 1. The van der Waals surface area contributed by atoms with Crippen LogP contribution in [0.5, 0.6) is 17.2 Å². The Hall–Kier alpha value is -2.28. The predicted molar refractivity (Wildman–Crippen MR) is 123 cm³/mol. The molecule has 31 heavy (non-hydrogen) atoms. The molecule has 170 valence electrons. The summed E-state index contributed by atoms with van der Waals surface area (Å²) < 4.78 is 17.2. The van der Waals surface area contributed by atoms with Crippen molar-refractivity contribution in [3.63, 3.8) is 0 Å². The smallest absolute Gasteiger partial charge is 0.127 e. The highest BCUT2D eigenvalue weighted by Crippen LogP contribution is 2.26. The Bertz CT molecular complexity index is 791. The highest BCUT2D eigenvalue weighted by Gasteiger charge is 2.17. The minimum Gasteiger partial charge on any atom is -0.497 e. The van der Waals surface area contributed by atoms with Crippen LogP contribution >= 0.6 is 0 Å². The molecule has 1 fully saturated rings. The molecule has 2 aromatic carbocycles. The van der Waals surface area contributed by atoms with Crippen LogP contribution in [0.2, 0.25) is 0 Å². The summed E-state index contributed by atoms with van der Waals surface area (Å²) in [6.45, 7) is 7.26. The van der Waals surface area contributed by atoms with Crippen LogP contribution in [-0.2, 0) is 6.54 Å². The molecule has 2 aromatic rings. The Morgan fingerprint density at radius 3 is 2.45 bits per heavy atom. The summed E-state index contributed by atoms with van der Waals surface area (Å²) >= 11 is 0. The van der Waals surface area contributed by atoms with Crippen molar-refractivity contribution < 1.29 is 19.3 Å². The van der Waals surface area contributed by atoms with Crippen molar-refractivity contribution in [2.75, 3.05) is 53.6 Å². The summed E-state index contributed by atoms with van der Waals surface area (Å²) in [5, 5.41) is 10.4. The normalized spacial score (nSPS) is 15.3. The lowest BCUT2D eigenvalue weighted by Crippen LogP contribution is -2.33. The molecule has 1 N–H and O–H groups in total.